The summed E-state index contributed by atoms with van der Waals surface area (Å²) in [4.78, 5) is 14.9. The SMILES string of the molecule is Cc1ccc(Cl)c(OC(C)C(=O)N2C3CCNCC2CC3)c1.Cl. The van der Waals surface area contributed by atoms with Crippen molar-refractivity contribution in [2.75, 3.05) is 13.1 Å². The van der Waals surface area contributed by atoms with E-state index in [9.17, 15) is 4.79 Å². The molecule has 3 rings (SSSR count). The van der Waals surface area contributed by atoms with E-state index in [0.717, 1.165) is 37.9 Å². The maximum atomic E-state index is 12.8. The summed E-state index contributed by atoms with van der Waals surface area (Å²) in [5, 5.41) is 3.96. The van der Waals surface area contributed by atoms with E-state index < -0.39 is 6.10 Å². The molecule has 1 amide bonds. The molecule has 1 N–H and O–H groups in total. The molecule has 2 aliphatic rings. The number of carbonyl (C=O) groups is 1. The van der Waals surface area contributed by atoms with Crippen LogP contribution in [0.1, 0.15) is 31.7 Å². The van der Waals surface area contributed by atoms with Crippen LogP contribution < -0.4 is 10.1 Å². The highest BCUT2D eigenvalue weighted by atomic mass is 35.5. The standard InChI is InChI=1S/C17H23ClN2O2.ClH/c1-11-3-6-15(18)16(9-11)22-12(2)17(21)20-13-4-5-14(20)10-19-8-7-13;/h3,6,9,12-14,19H,4-5,7-8,10H2,1-2H3;1H. The first kappa shape index (κ1) is 18.4. The first-order chi connectivity index (χ1) is 10.6. The van der Waals surface area contributed by atoms with E-state index in [4.69, 9.17) is 16.3 Å². The topological polar surface area (TPSA) is 41.6 Å². The third-order valence-electron chi connectivity index (χ3n) is 4.65. The summed E-state index contributed by atoms with van der Waals surface area (Å²) in [5.74, 6) is 0.664. The number of ether oxygens (including phenoxy) is 1. The predicted octanol–water partition coefficient (Wildman–Crippen LogP) is 3.19. The summed E-state index contributed by atoms with van der Waals surface area (Å²) in [6, 6.07) is 6.28. The Hall–Kier alpha value is -0.970. The lowest BCUT2D eigenvalue weighted by atomic mass is 10.1. The van der Waals surface area contributed by atoms with E-state index in [1.165, 1.54) is 0 Å². The molecule has 4 nitrogen and oxygen atoms in total. The van der Waals surface area contributed by atoms with Gasteiger partial charge in [-0.15, -0.1) is 12.4 Å². The van der Waals surface area contributed by atoms with Crippen LogP contribution in [0, 0.1) is 6.92 Å². The van der Waals surface area contributed by atoms with Crippen LogP contribution in [0.15, 0.2) is 18.2 Å². The van der Waals surface area contributed by atoms with E-state index in [-0.39, 0.29) is 18.3 Å². The summed E-state index contributed by atoms with van der Waals surface area (Å²) in [6.07, 6.45) is 2.71. The highest BCUT2D eigenvalue weighted by Crippen LogP contribution is 2.30. The summed E-state index contributed by atoms with van der Waals surface area (Å²) >= 11 is 6.17. The maximum Gasteiger partial charge on any atom is 0.263 e. The predicted molar refractivity (Wildman–Crippen MR) is 94.7 cm³/mol. The molecule has 0 aliphatic carbocycles. The van der Waals surface area contributed by atoms with Gasteiger partial charge in [0.25, 0.3) is 5.91 Å². The van der Waals surface area contributed by atoms with Gasteiger partial charge in [0.2, 0.25) is 0 Å². The van der Waals surface area contributed by atoms with Gasteiger partial charge in [-0.2, -0.15) is 0 Å². The van der Waals surface area contributed by atoms with Gasteiger partial charge in [-0.3, -0.25) is 4.79 Å². The molecule has 2 aliphatic heterocycles. The number of aryl methyl sites for hydroxylation is 1. The van der Waals surface area contributed by atoms with Gasteiger partial charge in [-0.25, -0.2) is 0 Å². The molecule has 2 heterocycles. The van der Waals surface area contributed by atoms with Gasteiger partial charge >= 0.3 is 0 Å². The van der Waals surface area contributed by atoms with Crippen molar-refractivity contribution in [2.45, 2.75) is 51.3 Å². The van der Waals surface area contributed by atoms with E-state index in [2.05, 4.69) is 5.32 Å². The number of benzene rings is 1. The summed E-state index contributed by atoms with van der Waals surface area (Å²) in [6.45, 7) is 5.68. The lowest BCUT2D eigenvalue weighted by Gasteiger charge is -2.30. The molecule has 2 fully saturated rings. The van der Waals surface area contributed by atoms with E-state index in [0.29, 0.717) is 22.9 Å². The summed E-state index contributed by atoms with van der Waals surface area (Å²) < 4.78 is 5.86. The smallest absolute Gasteiger partial charge is 0.263 e. The lowest BCUT2D eigenvalue weighted by Crippen LogP contribution is -2.48. The Morgan fingerprint density at radius 1 is 1.35 bits per heavy atom. The quantitative estimate of drug-likeness (QED) is 0.901. The zero-order valence-electron chi connectivity index (χ0n) is 13.5. The average Bonchev–Trinajstić information content (AvgIpc) is 2.75. The largest absolute Gasteiger partial charge is 0.479 e. The number of fused-ring (bicyclic) bond motifs is 2. The average molecular weight is 359 g/mol. The molecule has 128 valence electrons. The van der Waals surface area contributed by atoms with Crippen molar-refractivity contribution in [3.05, 3.63) is 28.8 Å². The fraction of sp³-hybridized carbons (Fsp3) is 0.588. The first-order valence-corrected chi connectivity index (χ1v) is 8.40. The highest BCUT2D eigenvalue weighted by molar-refractivity contribution is 6.32. The number of hydrogen-bond donors (Lipinski definition) is 1. The molecular formula is C17H24Cl2N2O2. The number of nitrogens with zero attached hydrogens (tertiary/aromatic N) is 1. The summed E-state index contributed by atoms with van der Waals surface area (Å²) in [7, 11) is 0. The summed E-state index contributed by atoms with van der Waals surface area (Å²) in [5.41, 5.74) is 1.07. The van der Waals surface area contributed by atoms with Crippen LogP contribution in [-0.2, 0) is 4.79 Å². The van der Waals surface area contributed by atoms with Crippen molar-refractivity contribution in [1.82, 2.24) is 10.2 Å². The Morgan fingerprint density at radius 3 is 2.87 bits per heavy atom. The molecule has 1 aromatic carbocycles. The van der Waals surface area contributed by atoms with Crippen LogP contribution in [0.3, 0.4) is 0 Å². The number of rotatable bonds is 3. The molecule has 0 saturated carbocycles. The molecule has 1 aromatic rings. The Balaban J connectivity index is 0.00000192. The van der Waals surface area contributed by atoms with Crippen molar-refractivity contribution in [1.29, 1.82) is 0 Å². The van der Waals surface area contributed by atoms with Crippen LogP contribution in [0.4, 0.5) is 0 Å². The van der Waals surface area contributed by atoms with Gasteiger partial charge in [0.1, 0.15) is 5.75 Å². The second-order valence-corrected chi connectivity index (χ2v) is 6.72. The van der Waals surface area contributed by atoms with Crippen LogP contribution in [0.5, 0.6) is 5.75 Å². The maximum absolute atomic E-state index is 12.8. The van der Waals surface area contributed by atoms with Crippen molar-refractivity contribution in [2.24, 2.45) is 0 Å². The van der Waals surface area contributed by atoms with Gasteiger partial charge in [0.05, 0.1) is 5.02 Å². The third-order valence-corrected chi connectivity index (χ3v) is 4.96. The van der Waals surface area contributed by atoms with Crippen LogP contribution in [0.25, 0.3) is 0 Å². The van der Waals surface area contributed by atoms with Crippen molar-refractivity contribution < 1.29 is 9.53 Å². The second kappa shape index (κ2) is 7.73. The molecule has 3 atom stereocenters. The lowest BCUT2D eigenvalue weighted by molar-refractivity contribution is -0.140. The Morgan fingerprint density at radius 2 is 2.09 bits per heavy atom. The molecule has 0 aromatic heterocycles. The fourth-order valence-electron chi connectivity index (χ4n) is 3.49. The number of hydrogen-bond acceptors (Lipinski definition) is 3. The van der Waals surface area contributed by atoms with Gasteiger partial charge in [-0.05, 0) is 57.4 Å². The molecule has 3 unspecified atom stereocenters. The minimum absolute atomic E-state index is 0. The third kappa shape index (κ3) is 3.93. The zero-order valence-corrected chi connectivity index (χ0v) is 15.1. The van der Waals surface area contributed by atoms with E-state index >= 15 is 0 Å². The van der Waals surface area contributed by atoms with Crippen molar-refractivity contribution in [3.63, 3.8) is 0 Å². The van der Waals surface area contributed by atoms with Gasteiger partial charge < -0.3 is 15.0 Å². The molecule has 23 heavy (non-hydrogen) atoms. The van der Waals surface area contributed by atoms with Gasteiger partial charge in [0, 0.05) is 18.6 Å². The number of amides is 1. The number of carbonyl (C=O) groups excluding carboxylic acids is 1. The van der Waals surface area contributed by atoms with E-state index in [1.807, 2.05) is 36.9 Å². The molecule has 2 bridgehead atoms. The van der Waals surface area contributed by atoms with Crippen molar-refractivity contribution in [3.8, 4) is 5.75 Å². The van der Waals surface area contributed by atoms with Gasteiger partial charge in [-0.1, -0.05) is 17.7 Å². The minimum Gasteiger partial charge on any atom is -0.479 e. The number of nitrogens with one attached hydrogen (secondary N) is 1. The fourth-order valence-corrected chi connectivity index (χ4v) is 3.66. The monoisotopic (exact) mass is 358 g/mol. The molecule has 2 saturated heterocycles. The Kier molecular flexibility index (Phi) is 6.18. The number of halogens is 2. The molecule has 0 radical (unpaired) electrons. The zero-order chi connectivity index (χ0) is 15.7. The molecular weight excluding hydrogens is 335 g/mol. The van der Waals surface area contributed by atoms with Crippen LogP contribution in [-0.4, -0.2) is 42.1 Å². The minimum atomic E-state index is -0.513. The van der Waals surface area contributed by atoms with Gasteiger partial charge in [0.15, 0.2) is 6.10 Å². The molecule has 0 spiro atoms. The molecule has 6 heteroatoms. The first-order valence-electron chi connectivity index (χ1n) is 8.02. The van der Waals surface area contributed by atoms with E-state index in [1.54, 1.807) is 0 Å². The highest BCUT2D eigenvalue weighted by Gasteiger charge is 2.40. The Bertz CT molecular complexity index is 554. The Labute approximate surface area is 148 Å². The van der Waals surface area contributed by atoms with Crippen LogP contribution in [0.2, 0.25) is 5.02 Å². The normalized spacial score (nSPS) is 24.6. The van der Waals surface area contributed by atoms with Crippen LogP contribution >= 0.6 is 24.0 Å². The van der Waals surface area contributed by atoms with Crippen molar-refractivity contribution >= 4 is 29.9 Å². The second-order valence-electron chi connectivity index (χ2n) is 6.32.